The van der Waals surface area contributed by atoms with Crippen LogP contribution in [0.3, 0.4) is 0 Å². The third kappa shape index (κ3) is 4.99. The number of halogens is 4. The van der Waals surface area contributed by atoms with Crippen LogP contribution in [0.1, 0.15) is 22.8 Å². The van der Waals surface area contributed by atoms with Gasteiger partial charge in [0.2, 0.25) is 0 Å². The SMILES string of the molecule is Cc1cc(Cl)cc2nn(CC(C)(C#N)NC(=O)c3ccc(OC(F)(F)F)cc3)nc12. The molecule has 0 aliphatic rings. The smallest absolute Gasteiger partial charge is 0.406 e. The van der Waals surface area contributed by atoms with E-state index < -0.39 is 23.6 Å². The van der Waals surface area contributed by atoms with Crippen molar-refractivity contribution >= 4 is 28.5 Å². The second kappa shape index (κ2) is 7.84. The molecule has 30 heavy (non-hydrogen) atoms. The minimum atomic E-state index is -4.83. The lowest BCUT2D eigenvalue weighted by Gasteiger charge is -2.22. The molecule has 3 aromatic rings. The van der Waals surface area contributed by atoms with E-state index in [1.807, 2.05) is 13.0 Å². The number of nitrogens with zero attached hydrogens (tertiary/aromatic N) is 4. The van der Waals surface area contributed by atoms with Crippen molar-refractivity contribution in [3.63, 3.8) is 0 Å². The first-order valence-corrected chi connectivity index (χ1v) is 8.96. The first-order valence-electron chi connectivity index (χ1n) is 8.58. The number of fused-ring (bicyclic) bond motifs is 1. The third-order valence-corrected chi connectivity index (χ3v) is 4.35. The van der Waals surface area contributed by atoms with Gasteiger partial charge >= 0.3 is 6.36 Å². The molecule has 0 spiro atoms. The molecule has 1 heterocycles. The van der Waals surface area contributed by atoms with Gasteiger partial charge in [-0.05, 0) is 55.8 Å². The fourth-order valence-electron chi connectivity index (χ4n) is 2.77. The van der Waals surface area contributed by atoms with Gasteiger partial charge in [0.25, 0.3) is 5.91 Å². The highest BCUT2D eigenvalue weighted by Gasteiger charge is 2.31. The molecule has 1 atom stereocenters. The molecule has 0 radical (unpaired) electrons. The molecule has 0 saturated carbocycles. The zero-order chi connectivity index (χ0) is 22.1. The summed E-state index contributed by atoms with van der Waals surface area (Å²) in [6.07, 6.45) is -4.83. The molecule has 2 aromatic carbocycles. The summed E-state index contributed by atoms with van der Waals surface area (Å²) in [7, 11) is 0. The highest BCUT2D eigenvalue weighted by Crippen LogP contribution is 2.23. The fourth-order valence-corrected chi connectivity index (χ4v) is 3.04. The number of rotatable bonds is 5. The Morgan fingerprint density at radius 1 is 1.27 bits per heavy atom. The molecule has 0 bridgehead atoms. The van der Waals surface area contributed by atoms with Crippen LogP contribution in [0, 0.1) is 18.3 Å². The van der Waals surface area contributed by atoms with Crippen molar-refractivity contribution in [1.29, 1.82) is 5.26 Å². The van der Waals surface area contributed by atoms with E-state index >= 15 is 0 Å². The van der Waals surface area contributed by atoms with Crippen molar-refractivity contribution in [2.45, 2.75) is 32.3 Å². The van der Waals surface area contributed by atoms with Crippen LogP contribution < -0.4 is 10.1 Å². The molecule has 1 unspecified atom stereocenters. The first kappa shape index (κ1) is 21.4. The molecule has 0 fully saturated rings. The summed E-state index contributed by atoms with van der Waals surface area (Å²) in [5.74, 6) is -1.10. The number of amides is 1. The summed E-state index contributed by atoms with van der Waals surface area (Å²) in [5, 5.41) is 21.3. The molecule has 0 saturated heterocycles. The molecular weight excluding hydrogens is 423 g/mol. The van der Waals surface area contributed by atoms with E-state index in [9.17, 15) is 23.2 Å². The molecule has 11 heteroatoms. The largest absolute Gasteiger partial charge is 0.573 e. The maximum atomic E-state index is 12.5. The van der Waals surface area contributed by atoms with E-state index in [-0.39, 0.29) is 12.1 Å². The lowest BCUT2D eigenvalue weighted by atomic mass is 10.0. The summed E-state index contributed by atoms with van der Waals surface area (Å²) in [6.45, 7) is 3.25. The van der Waals surface area contributed by atoms with Gasteiger partial charge in [0.05, 0.1) is 12.6 Å². The number of aromatic nitrogens is 3. The number of aryl methyl sites for hydroxylation is 1. The van der Waals surface area contributed by atoms with Crippen LogP contribution in [0.25, 0.3) is 11.0 Å². The van der Waals surface area contributed by atoms with Crippen LogP contribution in [0.4, 0.5) is 13.2 Å². The number of ether oxygens (including phenoxy) is 1. The van der Waals surface area contributed by atoms with Gasteiger partial charge in [-0.1, -0.05) is 11.6 Å². The Morgan fingerprint density at radius 3 is 2.53 bits per heavy atom. The Kier molecular flexibility index (Phi) is 5.59. The second-order valence-corrected chi connectivity index (χ2v) is 7.23. The quantitative estimate of drug-likeness (QED) is 0.651. The first-order chi connectivity index (χ1) is 14.0. The van der Waals surface area contributed by atoms with Gasteiger partial charge in [0.15, 0.2) is 0 Å². The van der Waals surface area contributed by atoms with Crippen LogP contribution in [-0.2, 0) is 6.54 Å². The number of carbonyl (C=O) groups is 1. The Morgan fingerprint density at radius 2 is 1.93 bits per heavy atom. The number of benzene rings is 2. The predicted octanol–water partition coefficient (Wildman–Crippen LogP) is 4.00. The summed E-state index contributed by atoms with van der Waals surface area (Å²) in [4.78, 5) is 13.8. The van der Waals surface area contributed by atoms with Crippen LogP contribution in [0.5, 0.6) is 5.75 Å². The molecular formula is C19H15ClF3N5O2. The number of carbonyl (C=O) groups excluding carboxylic acids is 1. The lowest BCUT2D eigenvalue weighted by Crippen LogP contribution is -2.48. The van der Waals surface area contributed by atoms with E-state index in [2.05, 4.69) is 20.3 Å². The molecule has 0 aliphatic heterocycles. The van der Waals surface area contributed by atoms with Crippen LogP contribution >= 0.6 is 11.6 Å². The molecule has 1 aromatic heterocycles. The van der Waals surface area contributed by atoms with Gasteiger partial charge in [-0.2, -0.15) is 20.3 Å². The minimum absolute atomic E-state index is 0.0593. The number of nitrogens with one attached hydrogen (secondary N) is 1. The van der Waals surface area contributed by atoms with Gasteiger partial charge in [-0.15, -0.1) is 13.2 Å². The maximum absolute atomic E-state index is 12.5. The summed E-state index contributed by atoms with van der Waals surface area (Å²) < 4.78 is 40.5. The van der Waals surface area contributed by atoms with Crippen LogP contribution in [0.15, 0.2) is 36.4 Å². The van der Waals surface area contributed by atoms with Gasteiger partial charge in [-0.3, -0.25) is 4.79 Å². The van der Waals surface area contributed by atoms with Gasteiger partial charge in [0, 0.05) is 10.6 Å². The fraction of sp³-hybridized carbons (Fsp3) is 0.263. The van der Waals surface area contributed by atoms with Crippen molar-refractivity contribution in [2.24, 2.45) is 0 Å². The summed E-state index contributed by atoms with van der Waals surface area (Å²) in [6, 6.07) is 9.75. The number of hydrogen-bond acceptors (Lipinski definition) is 5. The third-order valence-electron chi connectivity index (χ3n) is 4.13. The monoisotopic (exact) mass is 437 g/mol. The number of nitriles is 1. The average molecular weight is 438 g/mol. The van der Waals surface area contributed by atoms with Crippen molar-refractivity contribution < 1.29 is 22.7 Å². The minimum Gasteiger partial charge on any atom is -0.406 e. The van der Waals surface area contributed by atoms with Gasteiger partial charge in [0.1, 0.15) is 22.3 Å². The Balaban J connectivity index is 1.76. The van der Waals surface area contributed by atoms with Crippen LogP contribution in [-0.4, -0.2) is 32.8 Å². The lowest BCUT2D eigenvalue weighted by molar-refractivity contribution is -0.274. The average Bonchev–Trinajstić information content (AvgIpc) is 3.03. The molecule has 7 nitrogen and oxygen atoms in total. The normalized spacial score (nSPS) is 13.5. The van der Waals surface area contributed by atoms with E-state index in [1.54, 1.807) is 12.1 Å². The van der Waals surface area contributed by atoms with Gasteiger partial charge < -0.3 is 10.1 Å². The standard InChI is InChI=1S/C19H15ClF3N5O2/c1-11-7-13(20)8-15-16(11)27-28(26-15)10-18(2,9-24)25-17(29)12-3-5-14(6-4-12)30-19(21,22)23/h3-8H,10H2,1-2H3,(H,25,29). The van der Waals surface area contributed by atoms with Crippen LogP contribution in [0.2, 0.25) is 5.02 Å². The Bertz CT molecular complexity index is 1140. The highest BCUT2D eigenvalue weighted by molar-refractivity contribution is 6.31. The highest BCUT2D eigenvalue weighted by atomic mass is 35.5. The number of hydrogen-bond donors (Lipinski definition) is 1. The molecule has 0 aliphatic carbocycles. The van der Waals surface area contributed by atoms with E-state index in [1.165, 1.54) is 23.9 Å². The summed E-state index contributed by atoms with van der Waals surface area (Å²) in [5.41, 5.74) is 0.656. The number of alkyl halides is 3. The molecule has 3 rings (SSSR count). The van der Waals surface area contributed by atoms with Crippen molar-refractivity contribution in [1.82, 2.24) is 20.3 Å². The van der Waals surface area contributed by atoms with E-state index in [4.69, 9.17) is 11.6 Å². The van der Waals surface area contributed by atoms with E-state index in [0.29, 0.717) is 16.1 Å². The maximum Gasteiger partial charge on any atom is 0.573 e. The zero-order valence-electron chi connectivity index (χ0n) is 15.8. The predicted molar refractivity (Wildman–Crippen MR) is 102 cm³/mol. The van der Waals surface area contributed by atoms with Gasteiger partial charge in [-0.25, -0.2) is 0 Å². The van der Waals surface area contributed by atoms with E-state index in [0.717, 1.165) is 17.7 Å². The molecule has 1 N–H and O–H groups in total. The molecule has 156 valence electrons. The molecule has 1 amide bonds. The second-order valence-electron chi connectivity index (χ2n) is 6.79. The Hall–Kier alpha value is -3.32. The summed E-state index contributed by atoms with van der Waals surface area (Å²) >= 11 is 6.02. The zero-order valence-corrected chi connectivity index (χ0v) is 16.5. The van der Waals surface area contributed by atoms with Crippen molar-refractivity contribution in [3.05, 3.63) is 52.5 Å². The van der Waals surface area contributed by atoms with Crippen molar-refractivity contribution in [2.75, 3.05) is 0 Å². The van der Waals surface area contributed by atoms with Crippen molar-refractivity contribution in [3.8, 4) is 11.8 Å². The Labute approximate surface area is 174 Å². The topological polar surface area (TPSA) is 92.8 Å².